The van der Waals surface area contributed by atoms with Crippen molar-refractivity contribution in [3.8, 4) is 0 Å². The van der Waals surface area contributed by atoms with Crippen molar-refractivity contribution >= 4 is 22.6 Å². The summed E-state index contributed by atoms with van der Waals surface area (Å²) in [6.07, 6.45) is 8.81. The summed E-state index contributed by atoms with van der Waals surface area (Å²) in [6, 6.07) is 0. The molecule has 14 heavy (non-hydrogen) atoms. The Labute approximate surface area is 96.1 Å². The molecule has 0 unspecified atom stereocenters. The zero-order chi connectivity index (χ0) is 9.97. The van der Waals surface area contributed by atoms with Crippen molar-refractivity contribution in [1.82, 2.24) is 19.6 Å². The van der Waals surface area contributed by atoms with Crippen LogP contribution in [-0.4, -0.2) is 19.6 Å². The molecule has 0 saturated carbocycles. The number of halogens is 1. The van der Waals surface area contributed by atoms with E-state index in [9.17, 15) is 0 Å². The average molecular weight is 302 g/mol. The van der Waals surface area contributed by atoms with Gasteiger partial charge in [0.25, 0.3) is 0 Å². The first-order chi connectivity index (χ1) is 6.74. The van der Waals surface area contributed by atoms with Gasteiger partial charge in [0.05, 0.1) is 16.0 Å². The maximum absolute atomic E-state index is 4.22. The van der Waals surface area contributed by atoms with Crippen molar-refractivity contribution < 1.29 is 0 Å². The van der Waals surface area contributed by atoms with Crippen molar-refractivity contribution in [2.75, 3.05) is 0 Å². The lowest BCUT2D eigenvalue weighted by molar-refractivity contribution is 0.614. The van der Waals surface area contributed by atoms with Crippen LogP contribution in [0.3, 0.4) is 0 Å². The second-order valence-corrected chi connectivity index (χ2v) is 4.44. The largest absolute Gasteiger partial charge is 0.276 e. The smallest absolute Gasteiger partial charge is 0.0623 e. The Kier molecular flexibility index (Phi) is 2.85. The summed E-state index contributed by atoms with van der Waals surface area (Å²) in [5, 5.41) is 8.34. The van der Waals surface area contributed by atoms with Gasteiger partial charge in [0.2, 0.25) is 0 Å². The maximum Gasteiger partial charge on any atom is 0.0623 e. The molecule has 2 heterocycles. The summed E-state index contributed by atoms with van der Waals surface area (Å²) in [5.74, 6) is 0. The van der Waals surface area contributed by atoms with Gasteiger partial charge in [0.1, 0.15) is 0 Å². The van der Waals surface area contributed by atoms with Crippen LogP contribution in [0.5, 0.6) is 0 Å². The van der Waals surface area contributed by atoms with E-state index >= 15 is 0 Å². The Morgan fingerprint density at radius 1 is 1.29 bits per heavy atom. The van der Waals surface area contributed by atoms with Gasteiger partial charge in [0, 0.05) is 26.0 Å². The van der Waals surface area contributed by atoms with Crippen LogP contribution in [0, 0.1) is 3.57 Å². The Morgan fingerprint density at radius 3 is 2.71 bits per heavy atom. The van der Waals surface area contributed by atoms with Gasteiger partial charge in [-0.1, -0.05) is 0 Å². The van der Waals surface area contributed by atoms with Crippen molar-refractivity contribution in [3.05, 3.63) is 33.9 Å². The van der Waals surface area contributed by atoms with Gasteiger partial charge in [-0.3, -0.25) is 9.36 Å². The summed E-state index contributed by atoms with van der Waals surface area (Å²) in [5.41, 5.74) is 1.25. The topological polar surface area (TPSA) is 35.6 Å². The molecule has 0 saturated heterocycles. The predicted molar refractivity (Wildman–Crippen MR) is 61.9 cm³/mol. The van der Waals surface area contributed by atoms with E-state index in [1.54, 1.807) is 0 Å². The SMILES string of the molecule is Cn1cc(CCn2cc(I)cn2)cn1. The molecule has 0 atom stereocenters. The molecule has 4 nitrogen and oxygen atoms in total. The minimum Gasteiger partial charge on any atom is -0.276 e. The molecule has 0 amide bonds. The quantitative estimate of drug-likeness (QED) is 0.805. The third kappa shape index (κ3) is 2.34. The number of aromatic nitrogens is 4. The van der Waals surface area contributed by atoms with Crippen LogP contribution in [0.15, 0.2) is 24.8 Å². The van der Waals surface area contributed by atoms with Crippen molar-refractivity contribution in [3.63, 3.8) is 0 Å². The zero-order valence-corrected chi connectivity index (χ0v) is 10.0. The summed E-state index contributed by atoms with van der Waals surface area (Å²) < 4.78 is 4.95. The number of hydrogen-bond donors (Lipinski definition) is 0. The predicted octanol–water partition coefficient (Wildman–Crippen LogP) is 1.46. The minimum atomic E-state index is 0.911. The lowest BCUT2D eigenvalue weighted by Gasteiger charge is -1.97. The molecule has 0 N–H and O–H groups in total. The van der Waals surface area contributed by atoms with Crippen LogP contribution < -0.4 is 0 Å². The lowest BCUT2D eigenvalue weighted by atomic mass is 10.2. The van der Waals surface area contributed by atoms with Crippen molar-refractivity contribution in [2.24, 2.45) is 7.05 Å². The second kappa shape index (κ2) is 4.12. The van der Waals surface area contributed by atoms with Crippen LogP contribution in [0.4, 0.5) is 0 Å². The highest BCUT2D eigenvalue weighted by atomic mass is 127. The molecule has 0 fully saturated rings. The Morgan fingerprint density at radius 2 is 2.14 bits per heavy atom. The third-order valence-corrected chi connectivity index (χ3v) is 2.55. The number of rotatable bonds is 3. The normalized spacial score (nSPS) is 10.7. The molecule has 0 bridgehead atoms. The third-order valence-electron chi connectivity index (χ3n) is 1.99. The van der Waals surface area contributed by atoms with Gasteiger partial charge in [0.15, 0.2) is 0 Å². The molecular weight excluding hydrogens is 291 g/mol. The molecule has 0 aliphatic rings. The molecule has 0 aliphatic carbocycles. The molecule has 0 radical (unpaired) electrons. The monoisotopic (exact) mass is 302 g/mol. The van der Waals surface area contributed by atoms with E-state index in [2.05, 4.69) is 32.8 Å². The van der Waals surface area contributed by atoms with E-state index in [-0.39, 0.29) is 0 Å². The van der Waals surface area contributed by atoms with Crippen LogP contribution in [0.25, 0.3) is 0 Å². The van der Waals surface area contributed by atoms with E-state index in [4.69, 9.17) is 0 Å². The van der Waals surface area contributed by atoms with E-state index in [1.807, 2.05) is 41.2 Å². The maximum atomic E-state index is 4.22. The fourth-order valence-electron chi connectivity index (χ4n) is 1.31. The summed E-state index contributed by atoms with van der Waals surface area (Å²) in [4.78, 5) is 0. The highest BCUT2D eigenvalue weighted by Crippen LogP contribution is 2.03. The molecular formula is C9H11IN4. The van der Waals surface area contributed by atoms with E-state index in [1.165, 1.54) is 9.13 Å². The van der Waals surface area contributed by atoms with Crippen molar-refractivity contribution in [2.45, 2.75) is 13.0 Å². The van der Waals surface area contributed by atoms with Crippen LogP contribution in [-0.2, 0) is 20.0 Å². The molecule has 2 aromatic heterocycles. The van der Waals surface area contributed by atoms with Gasteiger partial charge in [-0.25, -0.2) is 0 Å². The molecule has 0 aliphatic heterocycles. The lowest BCUT2D eigenvalue weighted by Crippen LogP contribution is -2.00. The molecule has 74 valence electrons. The van der Waals surface area contributed by atoms with Gasteiger partial charge >= 0.3 is 0 Å². The fourth-order valence-corrected chi connectivity index (χ4v) is 1.75. The van der Waals surface area contributed by atoms with Gasteiger partial charge in [-0.15, -0.1) is 0 Å². The van der Waals surface area contributed by atoms with Crippen LogP contribution in [0.2, 0.25) is 0 Å². The number of nitrogens with zero attached hydrogens (tertiary/aromatic N) is 4. The Balaban J connectivity index is 1.94. The Hall–Kier alpha value is -0.850. The molecule has 5 heteroatoms. The second-order valence-electron chi connectivity index (χ2n) is 3.19. The number of hydrogen-bond acceptors (Lipinski definition) is 2. The first kappa shape index (κ1) is 9.70. The zero-order valence-electron chi connectivity index (χ0n) is 7.89. The molecule has 0 aromatic carbocycles. The Bertz CT molecular complexity index is 378. The van der Waals surface area contributed by atoms with E-state index < -0.39 is 0 Å². The first-order valence-corrected chi connectivity index (χ1v) is 5.47. The van der Waals surface area contributed by atoms with Crippen molar-refractivity contribution in [1.29, 1.82) is 0 Å². The highest BCUT2D eigenvalue weighted by molar-refractivity contribution is 14.1. The van der Waals surface area contributed by atoms with Crippen LogP contribution in [0.1, 0.15) is 5.56 Å². The fraction of sp³-hybridized carbons (Fsp3) is 0.333. The average Bonchev–Trinajstić information content (AvgIpc) is 2.72. The molecule has 2 aromatic rings. The summed E-state index contributed by atoms with van der Waals surface area (Å²) >= 11 is 2.26. The summed E-state index contributed by atoms with van der Waals surface area (Å²) in [7, 11) is 1.93. The highest BCUT2D eigenvalue weighted by Gasteiger charge is 1.98. The summed E-state index contributed by atoms with van der Waals surface area (Å²) in [6.45, 7) is 0.911. The minimum absolute atomic E-state index is 0.911. The molecule has 2 rings (SSSR count). The van der Waals surface area contributed by atoms with Crippen LogP contribution >= 0.6 is 22.6 Å². The van der Waals surface area contributed by atoms with Gasteiger partial charge in [-0.2, -0.15) is 10.2 Å². The van der Waals surface area contributed by atoms with E-state index in [0.29, 0.717) is 0 Å². The van der Waals surface area contributed by atoms with E-state index in [0.717, 1.165) is 13.0 Å². The first-order valence-electron chi connectivity index (χ1n) is 4.39. The standard InChI is InChI=1S/C9H11IN4/c1-13-6-8(4-11-13)2-3-14-7-9(10)5-12-14/h4-7H,2-3H2,1H3. The number of aryl methyl sites for hydroxylation is 3. The van der Waals surface area contributed by atoms with Gasteiger partial charge in [-0.05, 0) is 34.6 Å². The van der Waals surface area contributed by atoms with Gasteiger partial charge < -0.3 is 0 Å². The molecule has 0 spiro atoms.